The highest BCUT2D eigenvalue weighted by atomic mass is 16.3. The summed E-state index contributed by atoms with van der Waals surface area (Å²) in [5.41, 5.74) is 0. The van der Waals surface area contributed by atoms with Gasteiger partial charge in [0.05, 0.1) is 12.7 Å². The monoisotopic (exact) mass is 157 g/mol. The van der Waals surface area contributed by atoms with E-state index in [1.807, 2.05) is 0 Å². The van der Waals surface area contributed by atoms with Crippen molar-refractivity contribution in [1.82, 2.24) is 5.32 Å². The van der Waals surface area contributed by atoms with Crippen molar-refractivity contribution in [3.8, 4) is 12.3 Å². The lowest BCUT2D eigenvalue weighted by molar-refractivity contribution is 0.0946. The molecule has 0 fully saturated rings. The lowest BCUT2D eigenvalue weighted by Gasteiger charge is -2.07. The van der Waals surface area contributed by atoms with Crippen LogP contribution in [0.5, 0.6) is 0 Å². The number of nitrogens with one attached hydrogen (secondary N) is 1. The summed E-state index contributed by atoms with van der Waals surface area (Å²) in [5, 5.41) is 20.2. The average molecular weight is 157 g/mol. The van der Waals surface area contributed by atoms with Crippen molar-refractivity contribution >= 4 is 0 Å². The molecule has 1 unspecified atom stereocenters. The Balaban J connectivity index is 2.97. The quantitative estimate of drug-likeness (QED) is 0.354. The van der Waals surface area contributed by atoms with E-state index in [4.69, 9.17) is 16.6 Å². The van der Waals surface area contributed by atoms with Gasteiger partial charge in [-0.15, -0.1) is 12.3 Å². The first-order chi connectivity index (χ1) is 5.31. The minimum atomic E-state index is -0.652. The van der Waals surface area contributed by atoms with Crippen LogP contribution in [0.15, 0.2) is 0 Å². The molecule has 0 bridgehead atoms. The van der Waals surface area contributed by atoms with Crippen LogP contribution < -0.4 is 5.32 Å². The highest BCUT2D eigenvalue weighted by Crippen LogP contribution is 1.83. The van der Waals surface area contributed by atoms with E-state index in [0.717, 1.165) is 19.4 Å². The molecular weight excluding hydrogens is 142 g/mol. The summed E-state index contributed by atoms with van der Waals surface area (Å²) in [7, 11) is 0. The van der Waals surface area contributed by atoms with Gasteiger partial charge in [0.15, 0.2) is 0 Å². The summed E-state index contributed by atoms with van der Waals surface area (Å²) in [4.78, 5) is 0. The molecule has 3 N–H and O–H groups in total. The maximum atomic E-state index is 8.86. The molecule has 0 saturated carbocycles. The number of hydrogen-bond acceptors (Lipinski definition) is 3. The van der Waals surface area contributed by atoms with Crippen LogP contribution in [-0.2, 0) is 0 Å². The molecule has 64 valence electrons. The van der Waals surface area contributed by atoms with E-state index in [-0.39, 0.29) is 6.61 Å². The Morgan fingerprint density at radius 3 is 2.82 bits per heavy atom. The fourth-order valence-electron chi connectivity index (χ4n) is 0.649. The largest absolute Gasteiger partial charge is 0.394 e. The van der Waals surface area contributed by atoms with Crippen molar-refractivity contribution < 1.29 is 10.2 Å². The average Bonchev–Trinajstić information content (AvgIpc) is 2.04. The zero-order valence-electron chi connectivity index (χ0n) is 6.58. The summed E-state index contributed by atoms with van der Waals surface area (Å²) in [5.74, 6) is 2.52. The number of terminal acetylenes is 1. The third-order valence-electron chi connectivity index (χ3n) is 1.27. The van der Waals surface area contributed by atoms with Crippen LogP contribution in [0, 0.1) is 12.3 Å². The first-order valence-electron chi connectivity index (χ1n) is 3.74. The fourth-order valence-corrected chi connectivity index (χ4v) is 0.649. The SMILES string of the molecule is C#CCCCNCC(O)CO. The first-order valence-corrected chi connectivity index (χ1v) is 3.74. The van der Waals surface area contributed by atoms with Gasteiger partial charge in [-0.3, -0.25) is 0 Å². The molecule has 0 aliphatic carbocycles. The summed E-state index contributed by atoms with van der Waals surface area (Å²) in [6.07, 6.45) is 6.04. The van der Waals surface area contributed by atoms with Crippen molar-refractivity contribution in [3.63, 3.8) is 0 Å². The van der Waals surface area contributed by atoms with Crippen molar-refractivity contribution in [1.29, 1.82) is 0 Å². The molecule has 0 radical (unpaired) electrons. The molecule has 0 rings (SSSR count). The van der Waals surface area contributed by atoms with Crippen molar-refractivity contribution in [2.24, 2.45) is 0 Å². The predicted molar refractivity (Wildman–Crippen MR) is 44.0 cm³/mol. The van der Waals surface area contributed by atoms with Crippen LogP contribution in [0.1, 0.15) is 12.8 Å². The van der Waals surface area contributed by atoms with Gasteiger partial charge in [-0.05, 0) is 13.0 Å². The normalized spacial score (nSPS) is 12.5. The van der Waals surface area contributed by atoms with Gasteiger partial charge in [0, 0.05) is 13.0 Å². The van der Waals surface area contributed by atoms with Crippen LogP contribution in [0.4, 0.5) is 0 Å². The molecule has 1 atom stereocenters. The Labute approximate surface area is 67.4 Å². The fraction of sp³-hybridized carbons (Fsp3) is 0.750. The van der Waals surface area contributed by atoms with Gasteiger partial charge in [-0.2, -0.15) is 0 Å². The molecule has 0 aliphatic heterocycles. The number of hydrogen-bond donors (Lipinski definition) is 3. The number of unbranched alkanes of at least 4 members (excludes halogenated alkanes) is 1. The second-order valence-corrected chi connectivity index (χ2v) is 2.35. The van der Waals surface area contributed by atoms with Gasteiger partial charge < -0.3 is 15.5 Å². The molecule has 3 heteroatoms. The van der Waals surface area contributed by atoms with E-state index in [0.29, 0.717) is 6.54 Å². The molecule has 3 nitrogen and oxygen atoms in total. The van der Waals surface area contributed by atoms with Gasteiger partial charge in [0.25, 0.3) is 0 Å². The second kappa shape index (κ2) is 7.55. The topological polar surface area (TPSA) is 52.5 Å². The smallest absolute Gasteiger partial charge is 0.0894 e. The van der Waals surface area contributed by atoms with Gasteiger partial charge in [0.2, 0.25) is 0 Å². The van der Waals surface area contributed by atoms with E-state index in [1.54, 1.807) is 0 Å². The zero-order valence-corrected chi connectivity index (χ0v) is 6.58. The maximum Gasteiger partial charge on any atom is 0.0894 e. The summed E-state index contributed by atoms with van der Waals surface area (Å²) in [6.45, 7) is 1.03. The van der Waals surface area contributed by atoms with Crippen molar-refractivity contribution in [2.45, 2.75) is 18.9 Å². The Morgan fingerprint density at radius 1 is 1.55 bits per heavy atom. The minimum Gasteiger partial charge on any atom is -0.394 e. The minimum absolute atomic E-state index is 0.192. The highest BCUT2D eigenvalue weighted by Gasteiger charge is 1.98. The first kappa shape index (κ1) is 10.4. The molecule has 11 heavy (non-hydrogen) atoms. The number of aliphatic hydroxyl groups excluding tert-OH is 2. The summed E-state index contributed by atoms with van der Waals surface area (Å²) < 4.78 is 0. The third kappa shape index (κ3) is 7.34. The third-order valence-corrected chi connectivity index (χ3v) is 1.27. The Bertz CT molecular complexity index is 120. The molecule has 0 aliphatic rings. The van der Waals surface area contributed by atoms with E-state index in [2.05, 4.69) is 11.2 Å². The van der Waals surface area contributed by atoms with Crippen LogP contribution in [-0.4, -0.2) is 36.0 Å². The maximum absolute atomic E-state index is 8.86. The Kier molecular flexibility index (Phi) is 7.16. The van der Waals surface area contributed by atoms with Crippen LogP contribution in [0.25, 0.3) is 0 Å². The van der Waals surface area contributed by atoms with Gasteiger partial charge in [0.1, 0.15) is 0 Å². The molecule has 0 aromatic carbocycles. The van der Waals surface area contributed by atoms with Crippen molar-refractivity contribution in [3.05, 3.63) is 0 Å². The summed E-state index contributed by atoms with van der Waals surface area (Å²) >= 11 is 0. The summed E-state index contributed by atoms with van der Waals surface area (Å²) in [6, 6.07) is 0. The second-order valence-electron chi connectivity index (χ2n) is 2.35. The predicted octanol–water partition coefficient (Wildman–Crippen LogP) is -0.657. The highest BCUT2D eigenvalue weighted by molar-refractivity contribution is 4.83. The van der Waals surface area contributed by atoms with Crippen LogP contribution >= 0.6 is 0 Å². The van der Waals surface area contributed by atoms with E-state index < -0.39 is 6.10 Å². The van der Waals surface area contributed by atoms with E-state index in [9.17, 15) is 0 Å². The van der Waals surface area contributed by atoms with Gasteiger partial charge in [-0.25, -0.2) is 0 Å². The molecule has 0 amide bonds. The van der Waals surface area contributed by atoms with E-state index >= 15 is 0 Å². The van der Waals surface area contributed by atoms with Crippen molar-refractivity contribution in [2.75, 3.05) is 19.7 Å². The molecular formula is C8H15NO2. The Morgan fingerprint density at radius 2 is 2.27 bits per heavy atom. The lowest BCUT2D eigenvalue weighted by atomic mass is 10.3. The number of aliphatic hydroxyl groups is 2. The molecule has 0 spiro atoms. The number of rotatable bonds is 6. The molecule has 0 aromatic heterocycles. The van der Waals surface area contributed by atoms with Crippen LogP contribution in [0.3, 0.4) is 0 Å². The Hall–Kier alpha value is -0.560. The van der Waals surface area contributed by atoms with Gasteiger partial charge in [-0.1, -0.05) is 0 Å². The lowest BCUT2D eigenvalue weighted by Crippen LogP contribution is -2.29. The van der Waals surface area contributed by atoms with Gasteiger partial charge >= 0.3 is 0 Å². The van der Waals surface area contributed by atoms with E-state index in [1.165, 1.54) is 0 Å². The molecule has 0 heterocycles. The standard InChI is InChI=1S/C8H15NO2/c1-2-3-4-5-9-6-8(11)7-10/h1,8-11H,3-7H2. The zero-order chi connectivity index (χ0) is 8.53. The molecule has 0 aromatic rings. The van der Waals surface area contributed by atoms with Crippen LogP contribution in [0.2, 0.25) is 0 Å². The molecule has 0 saturated heterocycles.